The minimum atomic E-state index is -2.61. The maximum atomic E-state index is 8.67. The molecule has 0 radical (unpaired) electrons. The van der Waals surface area contributed by atoms with Gasteiger partial charge in [0.05, 0.1) is 0 Å². The SMILES string of the molecule is N=S(=O)=O.c1cncnc1. The lowest BCUT2D eigenvalue weighted by atomic mass is 10.7. The van der Waals surface area contributed by atoms with Gasteiger partial charge in [-0.2, -0.15) is 13.2 Å². The van der Waals surface area contributed by atoms with Crippen LogP contribution < -0.4 is 0 Å². The average Bonchev–Trinajstić information content (AvgIpc) is 1.90. The lowest BCUT2D eigenvalue weighted by Gasteiger charge is -1.70. The Bertz CT molecular complexity index is 221. The highest BCUT2D eigenvalue weighted by molar-refractivity contribution is 7.60. The summed E-state index contributed by atoms with van der Waals surface area (Å²) in [6, 6.07) is 1.78. The molecule has 0 saturated heterocycles. The molecule has 0 aliphatic rings. The van der Waals surface area contributed by atoms with E-state index in [1.165, 1.54) is 6.33 Å². The van der Waals surface area contributed by atoms with Crippen LogP contribution in [0.5, 0.6) is 0 Å². The molecule has 1 aromatic heterocycles. The van der Waals surface area contributed by atoms with Crippen molar-refractivity contribution < 1.29 is 8.42 Å². The third-order valence-corrected chi connectivity index (χ3v) is 0.478. The second-order valence-electron chi connectivity index (χ2n) is 1.14. The van der Waals surface area contributed by atoms with Crippen LogP contribution in [0.25, 0.3) is 0 Å². The molecular formula is C4H5N3O2S. The van der Waals surface area contributed by atoms with Gasteiger partial charge in [0.25, 0.3) is 0 Å². The Kier molecular flexibility index (Phi) is 5.07. The zero-order chi connectivity index (χ0) is 7.82. The number of hydrogen-bond donors (Lipinski definition) is 1. The summed E-state index contributed by atoms with van der Waals surface area (Å²) in [6.45, 7) is 0. The molecule has 0 aliphatic carbocycles. The van der Waals surface area contributed by atoms with E-state index >= 15 is 0 Å². The number of nitrogens with one attached hydrogen (secondary N) is 1. The topological polar surface area (TPSA) is 83.8 Å². The molecular weight excluding hydrogens is 154 g/mol. The molecule has 0 fully saturated rings. The second kappa shape index (κ2) is 5.83. The van der Waals surface area contributed by atoms with E-state index in [-0.39, 0.29) is 0 Å². The first kappa shape index (κ1) is 8.70. The Balaban J connectivity index is 0.000000180. The van der Waals surface area contributed by atoms with Crippen LogP contribution in [-0.4, -0.2) is 18.4 Å². The summed E-state index contributed by atoms with van der Waals surface area (Å²) in [5.41, 5.74) is 0. The van der Waals surface area contributed by atoms with Crippen molar-refractivity contribution in [2.45, 2.75) is 0 Å². The highest BCUT2D eigenvalue weighted by Crippen LogP contribution is 1.66. The van der Waals surface area contributed by atoms with E-state index in [4.69, 9.17) is 13.2 Å². The van der Waals surface area contributed by atoms with Crippen LogP contribution in [0.2, 0.25) is 0 Å². The first-order valence-corrected chi connectivity index (χ1v) is 3.31. The lowest BCUT2D eigenvalue weighted by Crippen LogP contribution is -1.66. The van der Waals surface area contributed by atoms with Crippen LogP contribution in [0, 0.1) is 4.78 Å². The van der Waals surface area contributed by atoms with Gasteiger partial charge in [0, 0.05) is 12.4 Å². The molecule has 0 aromatic carbocycles. The summed E-state index contributed by atoms with van der Waals surface area (Å²) in [5, 5.41) is 0. The average molecular weight is 159 g/mol. The highest BCUT2D eigenvalue weighted by atomic mass is 32.2. The fourth-order valence-electron chi connectivity index (χ4n) is 0.253. The van der Waals surface area contributed by atoms with Gasteiger partial charge in [-0.3, -0.25) is 0 Å². The van der Waals surface area contributed by atoms with E-state index in [2.05, 4.69) is 9.97 Å². The predicted octanol–water partition coefficient (Wildman–Crippen LogP) is 0.104. The van der Waals surface area contributed by atoms with Crippen LogP contribution in [0.3, 0.4) is 0 Å². The molecule has 0 saturated carbocycles. The summed E-state index contributed by atoms with van der Waals surface area (Å²) in [5.74, 6) is 0. The van der Waals surface area contributed by atoms with Crippen molar-refractivity contribution in [3.05, 3.63) is 24.8 Å². The van der Waals surface area contributed by atoms with Crippen molar-refractivity contribution >= 4 is 10.5 Å². The smallest absolute Gasteiger partial charge is 0.245 e. The molecule has 0 aliphatic heterocycles. The molecule has 0 bridgehead atoms. The first-order valence-electron chi connectivity index (χ1n) is 2.24. The fraction of sp³-hybridized carbons (Fsp3) is 0. The molecule has 6 heteroatoms. The Morgan fingerprint density at radius 3 is 1.70 bits per heavy atom. The second-order valence-corrected chi connectivity index (χ2v) is 1.61. The minimum absolute atomic E-state index is 1.50. The van der Waals surface area contributed by atoms with Gasteiger partial charge in [0.15, 0.2) is 0 Å². The monoisotopic (exact) mass is 159 g/mol. The largest absolute Gasteiger partial charge is 0.308 e. The first-order chi connectivity index (χ1) is 4.73. The highest BCUT2D eigenvalue weighted by Gasteiger charge is 1.59. The molecule has 10 heavy (non-hydrogen) atoms. The van der Waals surface area contributed by atoms with Crippen molar-refractivity contribution in [2.75, 3.05) is 0 Å². The van der Waals surface area contributed by atoms with Gasteiger partial charge in [0.2, 0.25) is 0 Å². The van der Waals surface area contributed by atoms with E-state index in [1.54, 1.807) is 18.5 Å². The quantitative estimate of drug-likeness (QED) is 0.582. The van der Waals surface area contributed by atoms with Gasteiger partial charge in [-0.25, -0.2) is 9.97 Å². The number of nitrogens with zero attached hydrogens (tertiary/aromatic N) is 2. The van der Waals surface area contributed by atoms with Crippen LogP contribution in [-0.2, 0) is 10.5 Å². The number of aromatic nitrogens is 2. The zero-order valence-corrected chi connectivity index (χ0v) is 5.75. The van der Waals surface area contributed by atoms with Gasteiger partial charge in [-0.05, 0) is 6.07 Å². The minimum Gasteiger partial charge on any atom is -0.245 e. The van der Waals surface area contributed by atoms with E-state index in [0.717, 1.165) is 0 Å². The molecule has 1 aromatic rings. The van der Waals surface area contributed by atoms with Crippen LogP contribution in [0.1, 0.15) is 0 Å². The summed E-state index contributed by atoms with van der Waals surface area (Å²) < 4.78 is 22.8. The van der Waals surface area contributed by atoms with Crippen LogP contribution >= 0.6 is 0 Å². The summed E-state index contributed by atoms with van der Waals surface area (Å²) in [7, 11) is -2.61. The molecule has 0 amide bonds. The van der Waals surface area contributed by atoms with Crippen LogP contribution in [0.15, 0.2) is 24.8 Å². The predicted molar refractivity (Wildman–Crippen MR) is 33.7 cm³/mol. The molecule has 1 N–H and O–H groups in total. The maximum absolute atomic E-state index is 8.67. The van der Waals surface area contributed by atoms with Crippen molar-refractivity contribution in [3.8, 4) is 0 Å². The zero-order valence-electron chi connectivity index (χ0n) is 4.93. The summed E-state index contributed by atoms with van der Waals surface area (Å²) >= 11 is 0. The Morgan fingerprint density at radius 1 is 1.20 bits per heavy atom. The van der Waals surface area contributed by atoms with E-state index < -0.39 is 10.5 Å². The Morgan fingerprint density at radius 2 is 1.60 bits per heavy atom. The third kappa shape index (κ3) is 9.85. The molecule has 0 atom stereocenters. The molecule has 54 valence electrons. The molecule has 1 heterocycles. The van der Waals surface area contributed by atoms with Gasteiger partial charge in [-0.1, -0.05) is 0 Å². The molecule has 5 nitrogen and oxygen atoms in total. The van der Waals surface area contributed by atoms with Gasteiger partial charge in [0.1, 0.15) is 6.33 Å². The molecule has 0 spiro atoms. The van der Waals surface area contributed by atoms with Crippen molar-refractivity contribution in [1.29, 1.82) is 4.78 Å². The van der Waals surface area contributed by atoms with E-state index in [1.807, 2.05) is 0 Å². The van der Waals surface area contributed by atoms with Crippen LogP contribution in [0.4, 0.5) is 0 Å². The van der Waals surface area contributed by atoms with Crippen molar-refractivity contribution in [3.63, 3.8) is 0 Å². The van der Waals surface area contributed by atoms with Crippen molar-refractivity contribution in [2.24, 2.45) is 0 Å². The standard InChI is InChI=1S/C4H4N2.HNO2S/c1-2-5-4-6-3-1;1-4(2)3/h1-4H;1H. The van der Waals surface area contributed by atoms with Gasteiger partial charge >= 0.3 is 10.5 Å². The van der Waals surface area contributed by atoms with Crippen molar-refractivity contribution in [1.82, 2.24) is 9.97 Å². The fourth-order valence-corrected chi connectivity index (χ4v) is 0.253. The van der Waals surface area contributed by atoms with E-state index in [0.29, 0.717) is 0 Å². The van der Waals surface area contributed by atoms with Gasteiger partial charge < -0.3 is 0 Å². The lowest BCUT2D eigenvalue weighted by molar-refractivity contribution is 0.620. The Labute approximate surface area is 59.3 Å². The molecule has 0 unspecified atom stereocenters. The Hall–Kier alpha value is -1.30. The number of rotatable bonds is 0. The van der Waals surface area contributed by atoms with Gasteiger partial charge in [-0.15, -0.1) is 0 Å². The van der Waals surface area contributed by atoms with E-state index in [9.17, 15) is 0 Å². The summed E-state index contributed by atoms with van der Waals surface area (Å²) in [6.07, 6.45) is 4.88. The maximum Gasteiger partial charge on any atom is 0.308 e. The summed E-state index contributed by atoms with van der Waals surface area (Å²) in [4.78, 5) is 7.35. The normalized spacial score (nSPS) is 7.20. The number of hydrogen-bond acceptors (Lipinski definition) is 5. The molecule has 1 rings (SSSR count). The third-order valence-electron chi connectivity index (χ3n) is 0.478.